The van der Waals surface area contributed by atoms with Crippen LogP contribution in [-0.4, -0.2) is 30.0 Å². The van der Waals surface area contributed by atoms with Gasteiger partial charge in [0.1, 0.15) is 0 Å². The minimum absolute atomic E-state index is 0. The first-order chi connectivity index (χ1) is 31.7. The van der Waals surface area contributed by atoms with Crippen molar-refractivity contribution in [2.75, 3.05) is 30.0 Å². The van der Waals surface area contributed by atoms with Gasteiger partial charge in [-0.05, 0) is 98.8 Å². The third-order valence-electron chi connectivity index (χ3n) is 9.64. The number of hydrogen-bond acceptors (Lipinski definition) is 0. The quantitative estimate of drug-likeness (QED) is 0.0578. The summed E-state index contributed by atoms with van der Waals surface area (Å²) in [6.07, 6.45) is 4.83. The van der Waals surface area contributed by atoms with Gasteiger partial charge in [-0.2, -0.15) is 0 Å². The first kappa shape index (κ1) is 59.3. The molecule has 0 unspecified atom stereocenters. The number of halogens is 9. The van der Waals surface area contributed by atoms with Crippen LogP contribution in [0.1, 0.15) is 0 Å². The molecule has 0 spiro atoms. The summed E-state index contributed by atoms with van der Waals surface area (Å²) in [4.78, 5) is 0. The van der Waals surface area contributed by atoms with Crippen molar-refractivity contribution in [1.82, 2.24) is 0 Å². The van der Waals surface area contributed by atoms with Gasteiger partial charge in [0.25, 0.3) is 0 Å². The van der Waals surface area contributed by atoms with Gasteiger partial charge in [-0.1, -0.05) is 243 Å². The third-order valence-corrected chi connectivity index (χ3v) is 20.4. The SMILES string of the molecule is ClCCl.F[P-](F)(F)(F)(F)F.[Cl-].[Os+2].c1ccc(P(CCP(c2ccccc2)c2ccccc2)c2ccccc2)cc1.c1ccc(P(CCP(c2ccccc2)c2ccccc2)c2ccccc2)cc1. The van der Waals surface area contributed by atoms with E-state index in [2.05, 4.69) is 243 Å². The molecule has 68 heavy (non-hydrogen) atoms. The molecule has 0 aliphatic rings. The van der Waals surface area contributed by atoms with E-state index in [1.54, 1.807) is 0 Å². The Morgan fingerprint density at radius 3 is 0.441 bits per heavy atom. The Morgan fingerprint density at radius 1 is 0.265 bits per heavy atom. The molecule has 8 rings (SSSR count). The van der Waals surface area contributed by atoms with E-state index in [1.807, 2.05) is 0 Å². The van der Waals surface area contributed by atoms with E-state index in [9.17, 15) is 25.2 Å². The van der Waals surface area contributed by atoms with Crippen LogP contribution in [0.3, 0.4) is 0 Å². The van der Waals surface area contributed by atoms with Gasteiger partial charge in [0.05, 0.1) is 5.34 Å². The molecule has 0 aliphatic carbocycles. The maximum atomic E-state index is 9.87. The minimum atomic E-state index is -10.7. The summed E-state index contributed by atoms with van der Waals surface area (Å²) in [7, 11) is -12.0. The van der Waals surface area contributed by atoms with Crippen LogP contribution in [0.15, 0.2) is 243 Å². The zero-order valence-electron chi connectivity index (χ0n) is 36.6. The van der Waals surface area contributed by atoms with E-state index >= 15 is 0 Å². The summed E-state index contributed by atoms with van der Waals surface area (Å²) in [5.74, 6) is 0. The van der Waals surface area contributed by atoms with Crippen molar-refractivity contribution < 1.29 is 57.4 Å². The van der Waals surface area contributed by atoms with Crippen molar-refractivity contribution in [2.45, 2.75) is 0 Å². The van der Waals surface area contributed by atoms with E-state index < -0.39 is 7.81 Å². The number of alkyl halides is 2. The molecule has 0 bridgehead atoms. The first-order valence-electron chi connectivity index (χ1n) is 20.9. The van der Waals surface area contributed by atoms with Crippen molar-refractivity contribution in [3.05, 3.63) is 243 Å². The van der Waals surface area contributed by atoms with Crippen molar-refractivity contribution in [3.63, 3.8) is 0 Å². The molecule has 0 fully saturated rings. The van der Waals surface area contributed by atoms with Gasteiger partial charge in [0, 0.05) is 0 Å². The van der Waals surface area contributed by atoms with Crippen LogP contribution < -0.4 is 54.8 Å². The van der Waals surface area contributed by atoms with Crippen LogP contribution >= 0.6 is 62.7 Å². The van der Waals surface area contributed by atoms with E-state index in [-0.39, 0.29) is 69.2 Å². The molecule has 0 N–H and O–H groups in total. The molecule has 0 heterocycles. The second kappa shape index (κ2) is 29.4. The minimum Gasteiger partial charge on any atom is -1.00 e. The molecule has 15 heteroatoms. The van der Waals surface area contributed by atoms with Gasteiger partial charge < -0.3 is 12.4 Å². The molecule has 358 valence electrons. The number of rotatable bonds is 14. The molecule has 0 nitrogen and oxygen atoms in total. The van der Waals surface area contributed by atoms with E-state index in [4.69, 9.17) is 23.2 Å². The Kier molecular flexibility index (Phi) is 25.6. The molecular weight excluding hydrogens is 1200 g/mol. The van der Waals surface area contributed by atoms with Gasteiger partial charge in [0.2, 0.25) is 0 Å². The Hall–Kier alpha value is -3.00. The van der Waals surface area contributed by atoms with Crippen LogP contribution in [-0.2, 0) is 19.8 Å². The number of benzene rings is 8. The average Bonchev–Trinajstić information content (AvgIpc) is 3.34. The van der Waals surface area contributed by atoms with Crippen LogP contribution in [0.2, 0.25) is 0 Å². The normalized spacial score (nSPS) is 11.8. The molecule has 0 atom stereocenters. The van der Waals surface area contributed by atoms with E-state index in [1.165, 1.54) is 67.1 Å². The van der Waals surface area contributed by atoms with Crippen LogP contribution in [0, 0.1) is 0 Å². The van der Waals surface area contributed by atoms with E-state index in [0.29, 0.717) is 0 Å². The fraction of sp³-hybridized carbons (Fsp3) is 0.0943. The topological polar surface area (TPSA) is 0 Å². The van der Waals surface area contributed by atoms with Crippen molar-refractivity contribution in [3.8, 4) is 0 Å². The van der Waals surface area contributed by atoms with Crippen LogP contribution in [0.5, 0.6) is 0 Å². The third kappa shape index (κ3) is 22.8. The van der Waals surface area contributed by atoms with Gasteiger partial charge in [-0.3, -0.25) is 0 Å². The Morgan fingerprint density at radius 2 is 0.353 bits per heavy atom. The molecule has 0 radical (unpaired) electrons. The second-order valence-electron chi connectivity index (χ2n) is 14.4. The van der Waals surface area contributed by atoms with Gasteiger partial charge in [0.15, 0.2) is 0 Å². The average molecular weight is 1250 g/mol. The summed E-state index contributed by atoms with van der Waals surface area (Å²) in [6, 6.07) is 88.4. The Labute approximate surface area is 432 Å². The smallest absolute Gasteiger partial charge is 1.00 e. The summed E-state index contributed by atoms with van der Waals surface area (Å²) in [5.41, 5.74) is 0. The van der Waals surface area contributed by atoms with Crippen molar-refractivity contribution >= 4 is 105 Å². The summed E-state index contributed by atoms with van der Waals surface area (Å²) >= 11 is 9.53. The summed E-state index contributed by atoms with van der Waals surface area (Å²) < 4.78 is 59.2. The van der Waals surface area contributed by atoms with Crippen LogP contribution in [0.4, 0.5) is 25.2 Å². The van der Waals surface area contributed by atoms with E-state index in [0.717, 1.165) is 0 Å². The fourth-order valence-corrected chi connectivity index (χ4v) is 17.6. The van der Waals surface area contributed by atoms with Gasteiger partial charge in [-0.15, -0.1) is 23.2 Å². The van der Waals surface area contributed by atoms with Gasteiger partial charge >= 0.3 is 52.8 Å². The first-order valence-corrected chi connectivity index (χ1v) is 30.1. The Bertz CT molecular complexity index is 2030. The molecule has 8 aromatic carbocycles. The Balaban J connectivity index is 0.000000294. The molecule has 0 saturated carbocycles. The molecule has 0 amide bonds. The monoisotopic (exact) mass is 1250 g/mol. The molecule has 8 aromatic rings. The standard InChI is InChI=1S/2C26H24P2.CH2Cl2.ClH.F6P.Os/c2*1-5-13-23(14-6-1)27(24-15-7-2-8-16-24)21-22-28(25-17-9-3-10-18-25)26-19-11-4-12-20-26;2-1-3;;1-7(2,3,4,5)6;/h2*1-20H,21-22H2;1H2;1H;;/q;;;;-1;+2/p-1. The summed E-state index contributed by atoms with van der Waals surface area (Å²) in [5, 5.41) is 12.0. The van der Waals surface area contributed by atoms with Crippen LogP contribution in [0.25, 0.3) is 0 Å². The molecule has 0 aromatic heterocycles. The van der Waals surface area contributed by atoms with Gasteiger partial charge in [-0.25, -0.2) is 0 Å². The predicted molar refractivity (Wildman–Crippen MR) is 286 cm³/mol. The largest absolute Gasteiger partial charge is 2.00 e. The van der Waals surface area contributed by atoms with Crippen molar-refractivity contribution in [1.29, 1.82) is 0 Å². The predicted octanol–water partition coefficient (Wildman–Crippen LogP) is 12.3. The zero-order chi connectivity index (χ0) is 47.2. The zero-order valence-corrected chi connectivity index (χ0v) is 45.9. The van der Waals surface area contributed by atoms with Crippen molar-refractivity contribution in [2.24, 2.45) is 0 Å². The maximum Gasteiger partial charge on any atom is 2.00 e. The molecule has 0 saturated heterocycles. The second-order valence-corrected chi connectivity index (χ2v) is 26.4. The number of hydrogen-bond donors (Lipinski definition) is 0. The molecular formula is C53H50Cl3F6OsP5. The maximum absolute atomic E-state index is 10.7. The fourth-order valence-electron chi connectivity index (χ4n) is 6.89. The summed E-state index contributed by atoms with van der Waals surface area (Å²) in [6.45, 7) is 0. The molecule has 0 aliphatic heterocycles.